The molecule has 1 fully saturated rings. The first kappa shape index (κ1) is 18.0. The highest BCUT2D eigenvalue weighted by Crippen LogP contribution is 2.31. The maximum atomic E-state index is 12.7. The number of likely N-dealkylation sites (tertiary alicyclic amines) is 1. The molecule has 0 bridgehead atoms. The van der Waals surface area contributed by atoms with Crippen molar-refractivity contribution < 1.29 is 9.53 Å². The van der Waals surface area contributed by atoms with Gasteiger partial charge in [-0.15, -0.1) is 0 Å². The molecule has 4 rings (SSSR count). The van der Waals surface area contributed by atoms with Crippen LogP contribution in [0.5, 0.6) is 5.75 Å². The van der Waals surface area contributed by atoms with Crippen LogP contribution in [0.25, 0.3) is 0 Å². The van der Waals surface area contributed by atoms with Gasteiger partial charge in [-0.05, 0) is 49.2 Å². The molecule has 0 saturated carbocycles. The standard InChI is InChI=1S/C22H22N4O2/c27-22(16-28-18-7-2-1-3-8-18)26-14-6-9-20(26)19-12-11-17(15-24-19)25-21-10-4-5-13-23-21/h1-5,7-8,10-13,15,20H,6,9,14,16H2,(H,23,25)/t20-/m0/s1. The Bertz CT molecular complexity index is 901. The summed E-state index contributed by atoms with van der Waals surface area (Å²) in [5.41, 5.74) is 1.77. The zero-order chi connectivity index (χ0) is 19.2. The van der Waals surface area contributed by atoms with Gasteiger partial charge in [0.15, 0.2) is 6.61 Å². The smallest absolute Gasteiger partial charge is 0.261 e. The summed E-state index contributed by atoms with van der Waals surface area (Å²) in [6.07, 6.45) is 5.41. The van der Waals surface area contributed by atoms with Gasteiger partial charge in [0.1, 0.15) is 11.6 Å². The minimum absolute atomic E-state index is 0.00391. The third kappa shape index (κ3) is 4.28. The van der Waals surface area contributed by atoms with Crippen LogP contribution in [0.4, 0.5) is 11.5 Å². The van der Waals surface area contributed by atoms with E-state index in [1.54, 1.807) is 12.4 Å². The quantitative estimate of drug-likeness (QED) is 0.707. The lowest BCUT2D eigenvalue weighted by atomic mass is 10.1. The Hall–Kier alpha value is -3.41. The monoisotopic (exact) mass is 374 g/mol. The van der Waals surface area contributed by atoms with Crippen LogP contribution in [-0.4, -0.2) is 33.9 Å². The Balaban J connectivity index is 1.39. The maximum Gasteiger partial charge on any atom is 0.261 e. The molecule has 28 heavy (non-hydrogen) atoms. The summed E-state index contributed by atoms with van der Waals surface area (Å²) in [5.74, 6) is 1.46. The number of benzene rings is 1. The third-order valence-corrected chi connectivity index (χ3v) is 4.74. The van der Waals surface area contributed by atoms with E-state index in [0.29, 0.717) is 5.75 Å². The number of carbonyl (C=O) groups excluding carboxylic acids is 1. The molecule has 1 aliphatic heterocycles. The first-order valence-corrected chi connectivity index (χ1v) is 9.41. The van der Waals surface area contributed by atoms with E-state index in [4.69, 9.17) is 4.74 Å². The summed E-state index contributed by atoms with van der Waals surface area (Å²) in [5, 5.41) is 3.22. The highest BCUT2D eigenvalue weighted by molar-refractivity contribution is 5.78. The Morgan fingerprint density at radius 3 is 2.68 bits per heavy atom. The second-order valence-corrected chi connectivity index (χ2v) is 6.66. The first-order valence-electron chi connectivity index (χ1n) is 9.41. The summed E-state index contributed by atoms with van der Waals surface area (Å²) in [7, 11) is 0. The van der Waals surface area contributed by atoms with Gasteiger partial charge in [0, 0.05) is 12.7 Å². The highest BCUT2D eigenvalue weighted by atomic mass is 16.5. The molecular weight excluding hydrogens is 352 g/mol. The second-order valence-electron chi connectivity index (χ2n) is 6.66. The first-order chi connectivity index (χ1) is 13.8. The van der Waals surface area contributed by atoms with Crippen LogP contribution in [-0.2, 0) is 4.79 Å². The van der Waals surface area contributed by atoms with E-state index in [2.05, 4.69) is 15.3 Å². The minimum Gasteiger partial charge on any atom is -0.484 e. The number of pyridine rings is 2. The third-order valence-electron chi connectivity index (χ3n) is 4.74. The fourth-order valence-electron chi connectivity index (χ4n) is 3.38. The lowest BCUT2D eigenvalue weighted by molar-refractivity contribution is -0.134. The number of ether oxygens (including phenoxy) is 1. The van der Waals surface area contributed by atoms with Crippen molar-refractivity contribution in [3.8, 4) is 5.75 Å². The zero-order valence-electron chi connectivity index (χ0n) is 15.5. The van der Waals surface area contributed by atoms with E-state index in [-0.39, 0.29) is 18.6 Å². The van der Waals surface area contributed by atoms with E-state index >= 15 is 0 Å². The van der Waals surface area contributed by atoms with E-state index in [1.807, 2.05) is 65.6 Å². The predicted octanol–water partition coefficient (Wildman–Crippen LogP) is 3.96. The van der Waals surface area contributed by atoms with Crippen LogP contribution in [0.3, 0.4) is 0 Å². The van der Waals surface area contributed by atoms with Crippen molar-refractivity contribution in [1.82, 2.24) is 14.9 Å². The number of rotatable bonds is 6. The molecule has 1 amide bonds. The van der Waals surface area contributed by atoms with Crippen molar-refractivity contribution in [1.29, 1.82) is 0 Å². The number of nitrogens with zero attached hydrogens (tertiary/aromatic N) is 3. The SMILES string of the molecule is O=C(COc1ccccc1)N1CCC[C@H]1c1ccc(Nc2ccccn2)cn1. The molecule has 3 aromatic rings. The van der Waals surface area contributed by atoms with Crippen molar-refractivity contribution in [3.05, 3.63) is 78.8 Å². The van der Waals surface area contributed by atoms with E-state index < -0.39 is 0 Å². The van der Waals surface area contributed by atoms with Gasteiger partial charge < -0.3 is 15.0 Å². The van der Waals surface area contributed by atoms with Gasteiger partial charge in [0.25, 0.3) is 5.91 Å². The molecule has 0 radical (unpaired) electrons. The molecule has 142 valence electrons. The van der Waals surface area contributed by atoms with Crippen LogP contribution in [0.15, 0.2) is 73.1 Å². The molecule has 0 spiro atoms. The van der Waals surface area contributed by atoms with E-state index in [9.17, 15) is 4.79 Å². The van der Waals surface area contributed by atoms with Crippen LogP contribution in [0.1, 0.15) is 24.6 Å². The van der Waals surface area contributed by atoms with Crippen LogP contribution < -0.4 is 10.1 Å². The molecule has 1 aromatic carbocycles. The Kier molecular flexibility index (Phi) is 5.47. The van der Waals surface area contributed by atoms with Crippen molar-refractivity contribution in [2.24, 2.45) is 0 Å². The van der Waals surface area contributed by atoms with Gasteiger partial charge in [-0.25, -0.2) is 4.98 Å². The predicted molar refractivity (Wildman–Crippen MR) is 107 cm³/mol. The molecular formula is C22H22N4O2. The Morgan fingerprint density at radius 2 is 1.93 bits per heavy atom. The summed E-state index contributed by atoms with van der Waals surface area (Å²) >= 11 is 0. The van der Waals surface area contributed by atoms with E-state index in [1.165, 1.54) is 0 Å². The molecule has 1 saturated heterocycles. The zero-order valence-corrected chi connectivity index (χ0v) is 15.5. The highest BCUT2D eigenvalue weighted by Gasteiger charge is 2.31. The summed E-state index contributed by atoms with van der Waals surface area (Å²) in [6, 6.07) is 19.0. The Morgan fingerprint density at radius 1 is 1.07 bits per heavy atom. The number of amides is 1. The van der Waals surface area contributed by atoms with Crippen LogP contribution >= 0.6 is 0 Å². The molecule has 1 atom stereocenters. The molecule has 0 aliphatic carbocycles. The number of anilines is 2. The molecule has 1 aliphatic rings. The number of nitrogens with one attached hydrogen (secondary N) is 1. The fourth-order valence-corrected chi connectivity index (χ4v) is 3.38. The van der Waals surface area contributed by atoms with E-state index in [0.717, 1.165) is 36.6 Å². The normalized spacial score (nSPS) is 16.0. The molecule has 0 unspecified atom stereocenters. The van der Waals surface area contributed by atoms with Crippen molar-refractivity contribution in [3.63, 3.8) is 0 Å². The van der Waals surface area contributed by atoms with Gasteiger partial charge >= 0.3 is 0 Å². The van der Waals surface area contributed by atoms with Crippen LogP contribution in [0, 0.1) is 0 Å². The second kappa shape index (κ2) is 8.52. The molecule has 6 heteroatoms. The fraction of sp³-hybridized carbons (Fsp3) is 0.227. The number of carbonyl (C=O) groups is 1. The van der Waals surface area contributed by atoms with Gasteiger partial charge in [0.05, 0.1) is 23.6 Å². The molecule has 3 heterocycles. The van der Waals surface area contributed by atoms with Crippen molar-refractivity contribution >= 4 is 17.4 Å². The van der Waals surface area contributed by atoms with Crippen LogP contribution in [0.2, 0.25) is 0 Å². The number of hydrogen-bond acceptors (Lipinski definition) is 5. The molecule has 2 aromatic heterocycles. The van der Waals surface area contributed by atoms with Gasteiger partial charge in [-0.1, -0.05) is 24.3 Å². The lowest BCUT2D eigenvalue weighted by Gasteiger charge is -2.24. The summed E-state index contributed by atoms with van der Waals surface area (Å²) in [4.78, 5) is 23.4. The largest absolute Gasteiger partial charge is 0.484 e. The molecule has 6 nitrogen and oxygen atoms in total. The van der Waals surface area contributed by atoms with Gasteiger partial charge in [-0.2, -0.15) is 0 Å². The Labute approximate surface area is 164 Å². The number of para-hydroxylation sites is 1. The van der Waals surface area contributed by atoms with Crippen molar-refractivity contribution in [2.45, 2.75) is 18.9 Å². The van der Waals surface area contributed by atoms with Crippen molar-refractivity contribution in [2.75, 3.05) is 18.5 Å². The molecule has 1 N–H and O–H groups in total. The van der Waals surface area contributed by atoms with Gasteiger partial charge in [0.2, 0.25) is 0 Å². The summed E-state index contributed by atoms with van der Waals surface area (Å²) in [6.45, 7) is 0.775. The summed E-state index contributed by atoms with van der Waals surface area (Å²) < 4.78 is 5.62. The average Bonchev–Trinajstić information content (AvgIpc) is 3.24. The van der Waals surface area contributed by atoms with Gasteiger partial charge in [-0.3, -0.25) is 9.78 Å². The minimum atomic E-state index is -0.0103. The number of aromatic nitrogens is 2. The number of hydrogen-bond donors (Lipinski definition) is 1. The average molecular weight is 374 g/mol. The maximum absolute atomic E-state index is 12.7. The topological polar surface area (TPSA) is 67.3 Å². The lowest BCUT2D eigenvalue weighted by Crippen LogP contribution is -2.34.